The fourth-order valence-corrected chi connectivity index (χ4v) is 2.28. The molecule has 0 saturated carbocycles. The first-order valence-electron chi connectivity index (χ1n) is 6.37. The zero-order chi connectivity index (χ0) is 16.0. The SMILES string of the molecule is CCC(CNC(=O)c1cc(OC)c(Br)c(OC)c1)C(=O)O. The number of methoxy groups -OCH3 is 2. The van der Waals surface area contributed by atoms with Crippen LogP contribution >= 0.6 is 15.9 Å². The van der Waals surface area contributed by atoms with Crippen molar-refractivity contribution in [3.05, 3.63) is 22.2 Å². The number of ether oxygens (including phenoxy) is 2. The van der Waals surface area contributed by atoms with Gasteiger partial charge in [-0.25, -0.2) is 0 Å². The van der Waals surface area contributed by atoms with Gasteiger partial charge in [0, 0.05) is 12.1 Å². The van der Waals surface area contributed by atoms with Crippen LogP contribution in [0.25, 0.3) is 0 Å². The number of amides is 1. The number of carbonyl (C=O) groups is 2. The zero-order valence-corrected chi connectivity index (χ0v) is 13.7. The minimum atomic E-state index is -0.927. The van der Waals surface area contributed by atoms with Gasteiger partial charge in [-0.3, -0.25) is 9.59 Å². The van der Waals surface area contributed by atoms with Gasteiger partial charge in [-0.05, 0) is 34.5 Å². The van der Waals surface area contributed by atoms with Crippen molar-refractivity contribution >= 4 is 27.8 Å². The molecule has 0 saturated heterocycles. The molecule has 7 heteroatoms. The average Bonchev–Trinajstić information content (AvgIpc) is 2.47. The Morgan fingerprint density at radius 1 is 1.29 bits per heavy atom. The second-order valence-electron chi connectivity index (χ2n) is 4.35. The number of aliphatic carboxylic acids is 1. The van der Waals surface area contributed by atoms with Crippen LogP contribution in [-0.4, -0.2) is 37.7 Å². The number of carboxylic acid groups (broad SMARTS) is 1. The molecule has 0 bridgehead atoms. The molecule has 1 rings (SSSR count). The quantitative estimate of drug-likeness (QED) is 0.780. The minimum absolute atomic E-state index is 0.0748. The molecule has 21 heavy (non-hydrogen) atoms. The Labute approximate surface area is 131 Å². The summed E-state index contributed by atoms with van der Waals surface area (Å²) in [5.41, 5.74) is 0.340. The van der Waals surface area contributed by atoms with E-state index in [0.717, 1.165) is 0 Å². The van der Waals surface area contributed by atoms with Crippen LogP contribution in [0, 0.1) is 5.92 Å². The predicted octanol–water partition coefficient (Wildman–Crippen LogP) is 2.31. The van der Waals surface area contributed by atoms with E-state index in [2.05, 4.69) is 21.2 Å². The summed E-state index contributed by atoms with van der Waals surface area (Å²) >= 11 is 3.32. The van der Waals surface area contributed by atoms with Gasteiger partial charge in [-0.2, -0.15) is 0 Å². The summed E-state index contributed by atoms with van der Waals surface area (Å²) in [6, 6.07) is 3.12. The van der Waals surface area contributed by atoms with E-state index in [1.165, 1.54) is 14.2 Å². The van der Waals surface area contributed by atoms with Crippen LogP contribution in [0.1, 0.15) is 23.7 Å². The van der Waals surface area contributed by atoms with Gasteiger partial charge in [-0.1, -0.05) is 6.92 Å². The molecule has 1 aromatic rings. The normalized spacial score (nSPS) is 11.6. The first-order chi connectivity index (χ1) is 9.94. The third-order valence-electron chi connectivity index (χ3n) is 3.06. The van der Waals surface area contributed by atoms with Crippen LogP contribution in [0.4, 0.5) is 0 Å². The van der Waals surface area contributed by atoms with Crippen molar-refractivity contribution in [2.75, 3.05) is 20.8 Å². The monoisotopic (exact) mass is 359 g/mol. The van der Waals surface area contributed by atoms with Gasteiger partial charge in [0.1, 0.15) is 16.0 Å². The van der Waals surface area contributed by atoms with E-state index in [0.29, 0.717) is 28.0 Å². The summed E-state index contributed by atoms with van der Waals surface area (Å²) < 4.78 is 10.9. The largest absolute Gasteiger partial charge is 0.495 e. The Hall–Kier alpha value is -1.76. The molecule has 1 amide bonds. The summed E-state index contributed by atoms with van der Waals surface area (Å²) in [6.45, 7) is 1.84. The van der Waals surface area contributed by atoms with E-state index in [-0.39, 0.29) is 12.5 Å². The van der Waals surface area contributed by atoms with Crippen LogP contribution in [-0.2, 0) is 4.79 Å². The lowest BCUT2D eigenvalue weighted by Crippen LogP contribution is -2.32. The molecule has 0 fully saturated rings. The molecule has 0 aliphatic rings. The molecule has 0 aromatic heterocycles. The molecule has 1 unspecified atom stereocenters. The lowest BCUT2D eigenvalue weighted by molar-refractivity contribution is -0.141. The highest BCUT2D eigenvalue weighted by Gasteiger charge is 2.18. The molecule has 6 nitrogen and oxygen atoms in total. The van der Waals surface area contributed by atoms with Crippen LogP contribution in [0.3, 0.4) is 0 Å². The smallest absolute Gasteiger partial charge is 0.308 e. The van der Waals surface area contributed by atoms with Crippen molar-refractivity contribution in [1.29, 1.82) is 0 Å². The van der Waals surface area contributed by atoms with Gasteiger partial charge in [0.15, 0.2) is 0 Å². The molecule has 0 aliphatic heterocycles. The van der Waals surface area contributed by atoms with Gasteiger partial charge < -0.3 is 19.9 Å². The van der Waals surface area contributed by atoms with E-state index in [1.54, 1.807) is 19.1 Å². The van der Waals surface area contributed by atoms with Crippen molar-refractivity contribution in [2.45, 2.75) is 13.3 Å². The van der Waals surface area contributed by atoms with Gasteiger partial charge in [0.2, 0.25) is 0 Å². The molecule has 1 atom stereocenters. The van der Waals surface area contributed by atoms with Gasteiger partial charge in [-0.15, -0.1) is 0 Å². The third kappa shape index (κ3) is 4.35. The maximum atomic E-state index is 12.1. The van der Waals surface area contributed by atoms with Crippen molar-refractivity contribution in [3.8, 4) is 11.5 Å². The second kappa shape index (κ2) is 7.87. The van der Waals surface area contributed by atoms with E-state index >= 15 is 0 Å². The molecular formula is C14H18BrNO5. The summed E-state index contributed by atoms with van der Waals surface area (Å²) in [6.07, 6.45) is 0.447. The number of hydrogen-bond acceptors (Lipinski definition) is 4. The molecule has 2 N–H and O–H groups in total. The van der Waals surface area contributed by atoms with E-state index in [4.69, 9.17) is 14.6 Å². The Bertz CT molecular complexity index is 507. The number of nitrogens with one attached hydrogen (secondary N) is 1. The summed E-state index contributed by atoms with van der Waals surface area (Å²) in [5.74, 6) is -0.981. The van der Waals surface area contributed by atoms with E-state index in [1.807, 2.05) is 0 Å². The third-order valence-corrected chi connectivity index (χ3v) is 3.84. The Kier molecular flexibility index (Phi) is 6.48. The van der Waals surface area contributed by atoms with Crippen molar-refractivity contribution < 1.29 is 24.2 Å². The minimum Gasteiger partial charge on any atom is -0.495 e. The first kappa shape index (κ1) is 17.3. The van der Waals surface area contributed by atoms with Crippen LogP contribution in [0.5, 0.6) is 11.5 Å². The summed E-state index contributed by atoms with van der Waals surface area (Å²) in [7, 11) is 2.97. The standard InChI is InChI=1S/C14H18BrNO5/c1-4-8(14(18)19)7-16-13(17)9-5-10(20-2)12(15)11(6-9)21-3/h5-6,8H,4,7H2,1-3H3,(H,16,17)(H,18,19). The highest BCUT2D eigenvalue weighted by atomic mass is 79.9. The Balaban J connectivity index is 2.90. The lowest BCUT2D eigenvalue weighted by Gasteiger charge is -2.13. The van der Waals surface area contributed by atoms with Crippen LogP contribution in [0.15, 0.2) is 16.6 Å². The zero-order valence-electron chi connectivity index (χ0n) is 12.1. The fourth-order valence-electron chi connectivity index (χ4n) is 1.72. The molecule has 1 aromatic carbocycles. The number of carboxylic acids is 1. The number of halogens is 1. The van der Waals surface area contributed by atoms with E-state index < -0.39 is 11.9 Å². The number of carbonyl (C=O) groups excluding carboxylic acids is 1. The second-order valence-corrected chi connectivity index (χ2v) is 5.14. The Morgan fingerprint density at radius 3 is 2.19 bits per heavy atom. The molecule has 0 radical (unpaired) electrons. The molecule has 0 aliphatic carbocycles. The number of hydrogen-bond donors (Lipinski definition) is 2. The van der Waals surface area contributed by atoms with Gasteiger partial charge in [0.25, 0.3) is 5.91 Å². The molecular weight excluding hydrogens is 342 g/mol. The van der Waals surface area contributed by atoms with Crippen molar-refractivity contribution in [2.24, 2.45) is 5.92 Å². The topological polar surface area (TPSA) is 84.9 Å². The van der Waals surface area contributed by atoms with Gasteiger partial charge in [0.05, 0.1) is 20.1 Å². The maximum absolute atomic E-state index is 12.1. The maximum Gasteiger partial charge on any atom is 0.308 e. The summed E-state index contributed by atoms with van der Waals surface area (Å²) in [5, 5.41) is 11.6. The highest BCUT2D eigenvalue weighted by molar-refractivity contribution is 9.10. The lowest BCUT2D eigenvalue weighted by atomic mass is 10.1. The Morgan fingerprint density at radius 2 is 1.81 bits per heavy atom. The first-order valence-corrected chi connectivity index (χ1v) is 7.16. The molecule has 116 valence electrons. The molecule has 0 heterocycles. The number of benzene rings is 1. The van der Waals surface area contributed by atoms with Crippen molar-refractivity contribution in [1.82, 2.24) is 5.32 Å². The average molecular weight is 360 g/mol. The predicted molar refractivity (Wildman–Crippen MR) is 81.0 cm³/mol. The van der Waals surface area contributed by atoms with Crippen LogP contribution in [0.2, 0.25) is 0 Å². The van der Waals surface area contributed by atoms with Crippen molar-refractivity contribution in [3.63, 3.8) is 0 Å². The fraction of sp³-hybridized carbons (Fsp3) is 0.429. The van der Waals surface area contributed by atoms with E-state index in [9.17, 15) is 9.59 Å². The number of rotatable bonds is 7. The molecule has 0 spiro atoms. The summed E-state index contributed by atoms with van der Waals surface area (Å²) in [4.78, 5) is 23.0. The highest BCUT2D eigenvalue weighted by Crippen LogP contribution is 2.35. The van der Waals surface area contributed by atoms with Gasteiger partial charge >= 0.3 is 5.97 Å². The van der Waals surface area contributed by atoms with Crippen LogP contribution < -0.4 is 14.8 Å².